The molecule has 270 valence electrons. The molecule has 2 unspecified atom stereocenters. The van der Waals surface area contributed by atoms with Crippen molar-refractivity contribution < 1.29 is 18.9 Å². The third kappa shape index (κ3) is 5.61. The molecule has 0 spiro atoms. The van der Waals surface area contributed by atoms with Crippen LogP contribution in [0.3, 0.4) is 0 Å². The summed E-state index contributed by atoms with van der Waals surface area (Å²) in [5.74, 6) is -0.897. The lowest BCUT2D eigenvalue weighted by atomic mass is 9.39. The van der Waals surface area contributed by atoms with Crippen molar-refractivity contribution >= 4 is 56.4 Å². The fourth-order valence-corrected chi connectivity index (χ4v) is 12.6. The van der Waals surface area contributed by atoms with Gasteiger partial charge in [-0.15, -0.1) is 0 Å². The number of amides is 1. The number of imidazole rings is 1. The average molecular weight is 739 g/mol. The second kappa shape index (κ2) is 11.9. The maximum Gasteiger partial charge on any atom is 0.355 e. The van der Waals surface area contributed by atoms with Gasteiger partial charge in [0.05, 0.1) is 40.6 Å². The Labute approximate surface area is 310 Å². The minimum Gasteiger partial charge on any atom is -0.476 e. The molecule has 5 aromatic rings. The summed E-state index contributed by atoms with van der Waals surface area (Å²) in [7, 11) is 0. The van der Waals surface area contributed by atoms with Crippen molar-refractivity contribution in [3.63, 3.8) is 0 Å². The molecule has 0 radical (unpaired) electrons. The number of aromatic carboxylic acids is 1. The Bertz CT molecular complexity index is 2210. The first-order valence-corrected chi connectivity index (χ1v) is 19.8. The normalized spacial score (nSPS) is 27.7. The minimum atomic E-state index is -1.10. The molecule has 4 aromatic heterocycles. The number of nitrogens with one attached hydrogen (secondary N) is 1. The van der Waals surface area contributed by atoms with E-state index in [2.05, 4.69) is 33.8 Å². The lowest BCUT2D eigenvalue weighted by Gasteiger charge is -2.68. The summed E-state index contributed by atoms with van der Waals surface area (Å²) in [6.07, 6.45) is 12.3. The molecule has 4 aliphatic carbocycles. The average Bonchev–Trinajstić information content (AvgIpc) is 3.78. The Balaban J connectivity index is 0.963. The number of hydrogen-bond donors (Lipinski definition) is 2. The highest BCUT2D eigenvalue weighted by Gasteiger charge is 2.66. The second-order valence-corrected chi connectivity index (χ2v) is 17.9. The van der Waals surface area contributed by atoms with E-state index < -0.39 is 5.97 Å². The van der Waals surface area contributed by atoms with Crippen molar-refractivity contribution in [1.82, 2.24) is 29.3 Å². The van der Waals surface area contributed by atoms with Crippen LogP contribution in [-0.2, 0) is 23.8 Å². The molecule has 1 aliphatic heterocycles. The number of aromatic nitrogens is 6. The van der Waals surface area contributed by atoms with Crippen LogP contribution in [-0.4, -0.2) is 64.7 Å². The van der Waals surface area contributed by atoms with Gasteiger partial charge in [0.25, 0.3) is 5.91 Å². The molecule has 5 aliphatic rings. The minimum absolute atomic E-state index is 0.0183. The highest BCUT2D eigenvalue weighted by molar-refractivity contribution is 7.93. The second-order valence-electron chi connectivity index (χ2n) is 16.4. The molecule has 2 atom stereocenters. The molecule has 1 aromatic carbocycles. The van der Waals surface area contributed by atoms with Crippen LogP contribution < -0.4 is 10.2 Å². The number of rotatable bonds is 9. The summed E-state index contributed by atoms with van der Waals surface area (Å²) in [6.45, 7) is 9.23. The van der Waals surface area contributed by atoms with Crippen molar-refractivity contribution in [2.24, 2.45) is 16.2 Å². The SMILES string of the molecule is CSOC12CC3(C)CC(C)(CC(Cn4ncc(-c5ccc(N6CCn7cnc(C(=O)Nc8nc9ccccc9s8)c7C6)nc5C(=O)O)c4C)(C3)C1)C2. The van der Waals surface area contributed by atoms with Gasteiger partial charge in [0.2, 0.25) is 0 Å². The van der Waals surface area contributed by atoms with Crippen LogP contribution in [0.25, 0.3) is 21.3 Å². The van der Waals surface area contributed by atoms with Gasteiger partial charge in [0, 0.05) is 42.7 Å². The quantitative estimate of drug-likeness (QED) is 0.147. The van der Waals surface area contributed by atoms with Gasteiger partial charge in [0.1, 0.15) is 5.82 Å². The first kappa shape index (κ1) is 33.6. The van der Waals surface area contributed by atoms with Gasteiger partial charge < -0.3 is 18.8 Å². The van der Waals surface area contributed by atoms with Crippen LogP contribution in [0, 0.1) is 23.2 Å². The maximum absolute atomic E-state index is 13.4. The summed E-state index contributed by atoms with van der Waals surface area (Å²) >= 11 is 2.91. The lowest BCUT2D eigenvalue weighted by molar-refractivity contribution is -0.214. The molecular weight excluding hydrogens is 697 g/mol. The molecule has 14 heteroatoms. The number of carboxylic acid groups (broad SMARTS) is 1. The Morgan fingerprint density at radius 3 is 2.52 bits per heavy atom. The first-order chi connectivity index (χ1) is 24.9. The van der Waals surface area contributed by atoms with Crippen molar-refractivity contribution in [3.8, 4) is 11.1 Å². The molecule has 12 nitrogen and oxygen atoms in total. The van der Waals surface area contributed by atoms with Gasteiger partial charge >= 0.3 is 5.97 Å². The Morgan fingerprint density at radius 2 is 1.77 bits per heavy atom. The fraction of sp³-hybridized carbons (Fsp3) is 0.474. The van der Waals surface area contributed by atoms with E-state index in [9.17, 15) is 14.7 Å². The molecule has 10 rings (SSSR count). The number of pyridine rings is 1. The van der Waals surface area contributed by atoms with Gasteiger partial charge in [0.15, 0.2) is 16.5 Å². The van der Waals surface area contributed by atoms with E-state index in [1.165, 1.54) is 29.8 Å². The summed E-state index contributed by atoms with van der Waals surface area (Å²) in [6, 6.07) is 11.5. The number of fused-ring (bicyclic) bond motifs is 2. The van der Waals surface area contributed by atoms with Gasteiger partial charge in [-0.3, -0.25) is 14.8 Å². The first-order valence-electron chi connectivity index (χ1n) is 17.8. The molecule has 5 heterocycles. The van der Waals surface area contributed by atoms with E-state index in [4.69, 9.17) is 14.3 Å². The third-order valence-corrected chi connectivity index (χ3v) is 13.3. The Hall–Kier alpha value is -4.27. The molecule has 0 saturated heterocycles. The number of hydrogen-bond acceptors (Lipinski definition) is 10. The van der Waals surface area contributed by atoms with Gasteiger partial charge in [-0.2, -0.15) is 5.10 Å². The van der Waals surface area contributed by atoms with E-state index in [0.717, 1.165) is 65.8 Å². The summed E-state index contributed by atoms with van der Waals surface area (Å²) in [5, 5.41) is 18.7. The van der Waals surface area contributed by atoms with Crippen LogP contribution in [0.2, 0.25) is 0 Å². The Morgan fingerprint density at radius 1 is 0.981 bits per heavy atom. The van der Waals surface area contributed by atoms with Crippen molar-refractivity contribution in [2.75, 3.05) is 23.0 Å². The number of carbonyl (C=O) groups is 2. The standard InChI is InChI=1S/C38H42N8O4S2/c1-23-25(13-40-46(23)21-37-16-35(2)15-36(3,17-37)19-38(18-35,20-37)50-51-4)24-9-10-29(42-30(24)33(48)49)44-11-12-45-22-39-31(27(45)14-44)32(47)43-34-41-26-7-5-6-8-28(26)52-34/h5-10,13,22H,11-12,14-21H2,1-4H3,(H,48,49)(H,41,43,47). The summed E-state index contributed by atoms with van der Waals surface area (Å²) < 4.78 is 11.5. The third-order valence-electron chi connectivity index (χ3n) is 11.8. The van der Waals surface area contributed by atoms with Gasteiger partial charge in [-0.05, 0) is 98.0 Å². The van der Waals surface area contributed by atoms with Crippen molar-refractivity contribution in [2.45, 2.75) is 84.5 Å². The fourth-order valence-electron chi connectivity index (χ4n) is 11.2. The molecule has 52 heavy (non-hydrogen) atoms. The van der Waals surface area contributed by atoms with Gasteiger partial charge in [-0.25, -0.2) is 19.7 Å². The molecule has 4 fully saturated rings. The largest absolute Gasteiger partial charge is 0.476 e. The number of thiazole rings is 1. The van der Waals surface area contributed by atoms with E-state index in [1.807, 2.05) is 59.0 Å². The number of carbonyl (C=O) groups excluding carboxylic acids is 1. The highest BCUT2D eigenvalue weighted by atomic mass is 32.2. The number of carboxylic acids is 1. The van der Waals surface area contributed by atoms with Crippen LogP contribution >= 0.6 is 23.4 Å². The summed E-state index contributed by atoms with van der Waals surface area (Å²) in [4.78, 5) is 41.8. The van der Waals surface area contributed by atoms with E-state index in [-0.39, 0.29) is 33.4 Å². The summed E-state index contributed by atoms with van der Waals surface area (Å²) in [5.41, 5.74) is 4.58. The number of para-hydroxylation sites is 1. The monoisotopic (exact) mass is 738 g/mol. The van der Waals surface area contributed by atoms with Crippen LogP contribution in [0.5, 0.6) is 0 Å². The molecular formula is C38H42N8O4S2. The zero-order chi connectivity index (χ0) is 36.0. The van der Waals surface area contributed by atoms with Crippen LogP contribution in [0.15, 0.2) is 48.9 Å². The Kier molecular flexibility index (Phi) is 7.66. The number of anilines is 2. The lowest BCUT2D eigenvalue weighted by Crippen LogP contribution is -2.64. The molecule has 4 bridgehead atoms. The topological polar surface area (TPSA) is 140 Å². The zero-order valence-corrected chi connectivity index (χ0v) is 31.4. The smallest absolute Gasteiger partial charge is 0.355 e. The van der Waals surface area contributed by atoms with Crippen molar-refractivity contribution in [3.05, 3.63) is 71.7 Å². The molecule has 1 amide bonds. The predicted octanol–water partition coefficient (Wildman–Crippen LogP) is 7.44. The number of nitrogens with zero attached hydrogens (tertiary/aromatic N) is 7. The molecule has 4 saturated carbocycles. The molecule has 2 N–H and O–H groups in total. The van der Waals surface area contributed by atoms with E-state index in [1.54, 1.807) is 12.5 Å². The van der Waals surface area contributed by atoms with Crippen LogP contribution in [0.1, 0.15) is 84.7 Å². The van der Waals surface area contributed by atoms with Crippen LogP contribution in [0.4, 0.5) is 10.9 Å². The highest BCUT2D eigenvalue weighted by Crippen LogP contribution is 2.72. The predicted molar refractivity (Wildman–Crippen MR) is 202 cm³/mol. The maximum atomic E-state index is 13.4. The van der Waals surface area contributed by atoms with Crippen molar-refractivity contribution in [1.29, 1.82) is 0 Å². The van der Waals surface area contributed by atoms with E-state index in [0.29, 0.717) is 41.8 Å². The van der Waals surface area contributed by atoms with Gasteiger partial charge in [-0.1, -0.05) is 37.3 Å². The van der Waals surface area contributed by atoms with E-state index >= 15 is 0 Å². The number of benzene rings is 1. The zero-order valence-electron chi connectivity index (χ0n) is 29.8.